The topological polar surface area (TPSA) is 29.5 Å². The summed E-state index contributed by atoms with van der Waals surface area (Å²) in [6.07, 6.45) is 10.5. The normalized spacial score (nSPS) is 23.9. The summed E-state index contributed by atoms with van der Waals surface area (Å²) in [7, 11) is 0. The third kappa shape index (κ3) is 5.73. The number of carbonyl (C=O) groups excluding carboxylic acids is 1. The first-order valence-electron chi connectivity index (χ1n) is 10.9. The van der Waals surface area contributed by atoms with E-state index < -0.39 is 0 Å². The smallest absolute Gasteiger partial charge is 0.219 e. The van der Waals surface area contributed by atoms with E-state index in [0.29, 0.717) is 11.5 Å². The van der Waals surface area contributed by atoms with Crippen molar-refractivity contribution in [2.75, 3.05) is 13.2 Å². The van der Waals surface area contributed by atoms with Gasteiger partial charge in [-0.05, 0) is 75.5 Å². The van der Waals surface area contributed by atoms with Crippen LogP contribution in [-0.2, 0) is 16.0 Å². The summed E-state index contributed by atoms with van der Waals surface area (Å²) in [5, 5.41) is 0.798. The molecule has 3 rings (SSSR count). The van der Waals surface area contributed by atoms with Crippen LogP contribution >= 0.6 is 11.6 Å². The van der Waals surface area contributed by atoms with Crippen LogP contribution in [0.3, 0.4) is 0 Å². The molecule has 2 aliphatic rings. The fraction of sp³-hybridized carbons (Fsp3) is 0.708. The van der Waals surface area contributed by atoms with Crippen molar-refractivity contribution >= 4 is 17.5 Å². The molecule has 1 aliphatic heterocycles. The number of hydrogen-bond acceptors (Lipinski definition) is 2. The molecule has 1 aromatic rings. The summed E-state index contributed by atoms with van der Waals surface area (Å²) in [6.45, 7) is 7.62. The number of nitrogens with zero attached hydrogens (tertiary/aromatic N) is 1. The van der Waals surface area contributed by atoms with Gasteiger partial charge in [0.1, 0.15) is 0 Å². The quantitative estimate of drug-likeness (QED) is 0.578. The number of benzene rings is 1. The number of amides is 1. The van der Waals surface area contributed by atoms with Crippen LogP contribution in [-0.4, -0.2) is 35.6 Å². The van der Waals surface area contributed by atoms with E-state index in [9.17, 15) is 4.79 Å². The number of hydrogen-bond donors (Lipinski definition) is 0. The highest BCUT2D eigenvalue weighted by Gasteiger charge is 2.36. The minimum absolute atomic E-state index is 0.136. The van der Waals surface area contributed by atoms with Crippen LogP contribution in [0, 0.1) is 5.41 Å². The summed E-state index contributed by atoms with van der Waals surface area (Å²) in [5.41, 5.74) is 1.54. The van der Waals surface area contributed by atoms with E-state index in [1.807, 2.05) is 12.1 Å². The number of ether oxygens (including phenoxy) is 1. The van der Waals surface area contributed by atoms with Crippen LogP contribution in [0.4, 0.5) is 0 Å². The van der Waals surface area contributed by atoms with Crippen molar-refractivity contribution in [1.29, 1.82) is 0 Å². The molecule has 2 fully saturated rings. The molecule has 3 nitrogen and oxygen atoms in total. The molecule has 1 amide bonds. The molecule has 1 aliphatic carbocycles. The number of carbonyl (C=O) groups is 1. The van der Waals surface area contributed by atoms with E-state index >= 15 is 0 Å². The standard InChI is InChI=1S/C24H36ClNO2/c1-19(27)26(22-11-16-28-23(2,3)18-22)15-14-24(12-5-4-6-13-24)17-20-7-9-21(25)10-8-20/h7-10,22H,4-6,11-18H2,1-3H3/t22-/m1/s1. The maximum absolute atomic E-state index is 12.5. The van der Waals surface area contributed by atoms with Gasteiger partial charge in [-0.3, -0.25) is 4.79 Å². The molecular formula is C24H36ClNO2. The fourth-order valence-corrected chi connectivity index (χ4v) is 5.40. The van der Waals surface area contributed by atoms with Crippen molar-refractivity contribution < 1.29 is 9.53 Å². The highest BCUT2D eigenvalue weighted by molar-refractivity contribution is 6.30. The van der Waals surface area contributed by atoms with Gasteiger partial charge in [0.2, 0.25) is 5.91 Å². The summed E-state index contributed by atoms with van der Waals surface area (Å²) in [5.74, 6) is 0.208. The van der Waals surface area contributed by atoms with Gasteiger partial charge in [0, 0.05) is 31.1 Å². The molecule has 1 atom stereocenters. The Labute approximate surface area is 175 Å². The minimum atomic E-state index is -0.136. The van der Waals surface area contributed by atoms with Crippen LogP contribution in [0.25, 0.3) is 0 Å². The van der Waals surface area contributed by atoms with Gasteiger partial charge in [0.25, 0.3) is 0 Å². The maximum Gasteiger partial charge on any atom is 0.219 e. The molecule has 0 unspecified atom stereocenters. The summed E-state index contributed by atoms with van der Waals surface area (Å²) in [6, 6.07) is 8.64. The van der Waals surface area contributed by atoms with E-state index in [2.05, 4.69) is 30.9 Å². The molecule has 4 heteroatoms. The second-order valence-corrected chi connectivity index (χ2v) is 10.0. The zero-order valence-corrected chi connectivity index (χ0v) is 18.6. The predicted octanol–water partition coefficient (Wildman–Crippen LogP) is 6.03. The summed E-state index contributed by atoms with van der Waals surface area (Å²) < 4.78 is 5.88. The molecule has 156 valence electrons. The Morgan fingerprint density at radius 1 is 1.18 bits per heavy atom. The SMILES string of the molecule is CC(=O)N(CCC1(Cc2ccc(Cl)cc2)CCCCC1)[C@@H]1CCOC(C)(C)C1. The van der Waals surface area contributed by atoms with E-state index in [-0.39, 0.29) is 11.5 Å². The van der Waals surface area contributed by atoms with Gasteiger partial charge in [0.15, 0.2) is 0 Å². The average Bonchev–Trinajstić information content (AvgIpc) is 2.64. The van der Waals surface area contributed by atoms with Gasteiger partial charge in [0.05, 0.1) is 5.60 Å². The van der Waals surface area contributed by atoms with Crippen molar-refractivity contribution in [1.82, 2.24) is 4.90 Å². The molecule has 0 bridgehead atoms. The summed E-state index contributed by atoms with van der Waals surface area (Å²) in [4.78, 5) is 14.6. The van der Waals surface area contributed by atoms with Gasteiger partial charge < -0.3 is 9.64 Å². The van der Waals surface area contributed by atoms with Crippen molar-refractivity contribution in [3.63, 3.8) is 0 Å². The second-order valence-electron chi connectivity index (χ2n) is 9.58. The van der Waals surface area contributed by atoms with Crippen LogP contribution in [0.1, 0.15) is 77.7 Å². The molecule has 28 heavy (non-hydrogen) atoms. The van der Waals surface area contributed by atoms with E-state index in [1.54, 1.807) is 6.92 Å². The zero-order chi connectivity index (χ0) is 20.2. The molecule has 0 N–H and O–H groups in total. The third-order valence-corrected chi connectivity index (χ3v) is 7.06. The second kappa shape index (κ2) is 9.17. The minimum Gasteiger partial charge on any atom is -0.375 e. The number of rotatable bonds is 6. The molecule has 1 heterocycles. The monoisotopic (exact) mass is 405 g/mol. The highest BCUT2D eigenvalue weighted by Crippen LogP contribution is 2.43. The van der Waals surface area contributed by atoms with E-state index in [4.69, 9.17) is 16.3 Å². The Morgan fingerprint density at radius 2 is 1.86 bits per heavy atom. The molecule has 0 radical (unpaired) electrons. The van der Waals surface area contributed by atoms with Gasteiger partial charge in [-0.15, -0.1) is 0 Å². The predicted molar refractivity (Wildman–Crippen MR) is 116 cm³/mol. The van der Waals surface area contributed by atoms with E-state index in [1.165, 1.54) is 37.7 Å². The van der Waals surface area contributed by atoms with Crippen LogP contribution in [0.15, 0.2) is 24.3 Å². The Balaban J connectivity index is 1.70. The highest BCUT2D eigenvalue weighted by atomic mass is 35.5. The molecule has 1 aromatic carbocycles. The number of halogens is 1. The van der Waals surface area contributed by atoms with Crippen LogP contribution < -0.4 is 0 Å². The lowest BCUT2D eigenvalue weighted by molar-refractivity contribution is -0.138. The average molecular weight is 406 g/mol. The Bertz CT molecular complexity index is 649. The molecular weight excluding hydrogens is 370 g/mol. The van der Waals surface area contributed by atoms with Crippen LogP contribution in [0.2, 0.25) is 5.02 Å². The first-order valence-corrected chi connectivity index (χ1v) is 11.3. The van der Waals surface area contributed by atoms with Gasteiger partial charge in [-0.2, -0.15) is 0 Å². The zero-order valence-electron chi connectivity index (χ0n) is 17.8. The molecule has 0 spiro atoms. The van der Waals surface area contributed by atoms with Gasteiger partial charge in [-0.25, -0.2) is 0 Å². The van der Waals surface area contributed by atoms with Crippen molar-refractivity contribution in [2.24, 2.45) is 5.41 Å². The molecule has 1 saturated heterocycles. The van der Waals surface area contributed by atoms with Gasteiger partial charge >= 0.3 is 0 Å². The van der Waals surface area contributed by atoms with Gasteiger partial charge in [-0.1, -0.05) is 43.0 Å². The van der Waals surface area contributed by atoms with Crippen molar-refractivity contribution in [3.05, 3.63) is 34.9 Å². The van der Waals surface area contributed by atoms with E-state index in [0.717, 1.165) is 43.9 Å². The lowest BCUT2D eigenvalue weighted by Gasteiger charge is -2.44. The Kier molecular flexibility index (Phi) is 7.09. The van der Waals surface area contributed by atoms with Crippen LogP contribution in [0.5, 0.6) is 0 Å². The third-order valence-electron chi connectivity index (χ3n) is 6.81. The van der Waals surface area contributed by atoms with Crippen molar-refractivity contribution in [3.8, 4) is 0 Å². The molecule has 1 saturated carbocycles. The Morgan fingerprint density at radius 3 is 2.46 bits per heavy atom. The summed E-state index contributed by atoms with van der Waals surface area (Å²) >= 11 is 6.08. The maximum atomic E-state index is 12.5. The first-order chi connectivity index (χ1) is 13.3. The molecule has 0 aromatic heterocycles. The Hall–Kier alpha value is -1.06. The first kappa shape index (κ1) is 21.6. The van der Waals surface area contributed by atoms with Crippen molar-refractivity contribution in [2.45, 2.75) is 90.2 Å². The lowest BCUT2D eigenvalue weighted by Crippen LogP contribution is -2.49. The largest absolute Gasteiger partial charge is 0.375 e. The fourth-order valence-electron chi connectivity index (χ4n) is 5.27. The lowest BCUT2D eigenvalue weighted by atomic mass is 9.68.